The topological polar surface area (TPSA) is 90.9 Å². The van der Waals surface area contributed by atoms with Crippen LogP contribution in [0, 0.1) is 5.82 Å². The van der Waals surface area contributed by atoms with E-state index in [9.17, 15) is 4.39 Å². The molecule has 1 aliphatic rings. The van der Waals surface area contributed by atoms with Crippen LogP contribution < -0.4 is 21.4 Å². The summed E-state index contributed by atoms with van der Waals surface area (Å²) in [6, 6.07) is 34.5. The van der Waals surface area contributed by atoms with Crippen LogP contribution in [0.3, 0.4) is 0 Å². The highest BCUT2D eigenvalue weighted by molar-refractivity contribution is 6.99. The van der Waals surface area contributed by atoms with Crippen LogP contribution in [0.25, 0.3) is 17.0 Å². The Labute approximate surface area is 269 Å². The van der Waals surface area contributed by atoms with Gasteiger partial charge in [-0.1, -0.05) is 106 Å². The first kappa shape index (κ1) is 29.8. The van der Waals surface area contributed by atoms with Gasteiger partial charge in [0.1, 0.15) is 12.1 Å². The third-order valence-corrected chi connectivity index (χ3v) is 14.1. The summed E-state index contributed by atoms with van der Waals surface area (Å²) in [6.07, 6.45) is 4.73. The van der Waals surface area contributed by atoms with Crippen LogP contribution in [0.4, 0.5) is 15.9 Å². The number of fused-ring (bicyclic) bond motifs is 2. The molecule has 0 aliphatic heterocycles. The molecule has 0 spiro atoms. The predicted molar refractivity (Wildman–Crippen MR) is 185 cm³/mol. The molecule has 2 aromatic heterocycles. The molecule has 1 unspecified atom stereocenters. The molecule has 3 N–H and O–H groups in total. The molecule has 1 aliphatic carbocycles. The monoisotopic (exact) mass is 628 g/mol. The molecule has 2 atom stereocenters. The lowest BCUT2D eigenvalue weighted by Gasteiger charge is -2.46. The largest absolute Gasteiger partial charge is 0.400 e. The lowest BCUT2D eigenvalue weighted by Crippen LogP contribution is -2.67. The average Bonchev–Trinajstić information content (AvgIpc) is 3.48. The Kier molecular flexibility index (Phi) is 7.66. The van der Waals surface area contributed by atoms with E-state index in [4.69, 9.17) is 15.1 Å². The summed E-state index contributed by atoms with van der Waals surface area (Å²) in [5, 5.41) is 6.01. The van der Waals surface area contributed by atoms with Gasteiger partial charge in [-0.2, -0.15) is 4.98 Å². The van der Waals surface area contributed by atoms with E-state index >= 15 is 0 Å². The van der Waals surface area contributed by atoms with Gasteiger partial charge in [0.05, 0.1) is 35.1 Å². The van der Waals surface area contributed by atoms with Crippen LogP contribution in [-0.2, 0) is 4.43 Å². The van der Waals surface area contributed by atoms with Crippen molar-refractivity contribution in [1.29, 1.82) is 0 Å². The lowest BCUT2D eigenvalue weighted by atomic mass is 9.86. The molecule has 0 fully saturated rings. The number of hydrogen-bond acceptors (Lipinski definition) is 6. The molecule has 7 rings (SSSR count). The maximum Gasteiger partial charge on any atom is 0.261 e. The van der Waals surface area contributed by atoms with Gasteiger partial charge in [-0.25, -0.2) is 14.4 Å². The number of hydrogen-bond donors (Lipinski definition) is 2. The van der Waals surface area contributed by atoms with E-state index < -0.39 is 8.32 Å². The van der Waals surface area contributed by atoms with Crippen LogP contribution in [0.5, 0.6) is 0 Å². The predicted octanol–water partition coefficient (Wildman–Crippen LogP) is 7.10. The second-order valence-electron chi connectivity index (χ2n) is 12.9. The summed E-state index contributed by atoms with van der Waals surface area (Å²) in [5.41, 5.74) is 10.4. The van der Waals surface area contributed by atoms with E-state index in [2.05, 4.69) is 121 Å². The number of anilines is 2. The molecule has 4 aromatic carbocycles. The van der Waals surface area contributed by atoms with Gasteiger partial charge in [-0.05, 0) is 51.5 Å². The zero-order valence-electron chi connectivity index (χ0n) is 26.2. The molecule has 2 heterocycles. The van der Waals surface area contributed by atoms with Crippen molar-refractivity contribution in [1.82, 2.24) is 19.5 Å². The molecule has 0 bridgehead atoms. The summed E-state index contributed by atoms with van der Waals surface area (Å²) < 4.78 is 23.3. The number of nitrogens with one attached hydrogen (secondary N) is 1. The molecular formula is C37H37FN6OSi. The highest BCUT2D eigenvalue weighted by atomic mass is 28.4. The highest BCUT2D eigenvalue weighted by Crippen LogP contribution is 2.45. The summed E-state index contributed by atoms with van der Waals surface area (Å²) in [7, 11) is -2.77. The Morgan fingerprint density at radius 3 is 2.17 bits per heavy atom. The number of nitrogens with zero attached hydrogens (tertiary/aromatic N) is 4. The Morgan fingerprint density at radius 1 is 0.848 bits per heavy atom. The maximum absolute atomic E-state index is 14.1. The summed E-state index contributed by atoms with van der Waals surface area (Å²) in [4.78, 5) is 13.6. The Hall–Kier alpha value is -4.86. The van der Waals surface area contributed by atoms with Crippen molar-refractivity contribution in [2.45, 2.75) is 50.8 Å². The van der Waals surface area contributed by atoms with E-state index in [-0.39, 0.29) is 23.0 Å². The number of imidazole rings is 1. The lowest BCUT2D eigenvalue weighted by molar-refractivity contribution is 0.165. The summed E-state index contributed by atoms with van der Waals surface area (Å²) in [5.74, 6) is 0.535. The molecule has 0 saturated carbocycles. The minimum Gasteiger partial charge on any atom is -0.400 e. The van der Waals surface area contributed by atoms with Crippen molar-refractivity contribution in [2.24, 2.45) is 0 Å². The minimum atomic E-state index is -2.77. The van der Waals surface area contributed by atoms with Crippen molar-refractivity contribution < 1.29 is 8.82 Å². The van der Waals surface area contributed by atoms with Gasteiger partial charge in [0.2, 0.25) is 5.95 Å². The van der Waals surface area contributed by atoms with E-state index in [1.165, 1.54) is 28.1 Å². The number of nitrogens with two attached hydrogens (primary N) is 1. The van der Waals surface area contributed by atoms with Crippen LogP contribution in [0.15, 0.2) is 116 Å². The van der Waals surface area contributed by atoms with Crippen molar-refractivity contribution in [3.63, 3.8) is 0 Å². The Bertz CT molecular complexity index is 1950. The molecule has 46 heavy (non-hydrogen) atoms. The average molecular weight is 629 g/mol. The third kappa shape index (κ3) is 5.25. The minimum absolute atomic E-state index is 0.0442. The van der Waals surface area contributed by atoms with Gasteiger partial charge < -0.3 is 15.5 Å². The second-order valence-corrected chi connectivity index (χ2v) is 17.1. The third-order valence-electron chi connectivity index (χ3n) is 9.01. The molecular weight excluding hydrogens is 592 g/mol. The molecule has 0 amide bonds. The van der Waals surface area contributed by atoms with Crippen molar-refractivity contribution in [2.75, 3.05) is 11.1 Å². The zero-order chi connectivity index (χ0) is 31.9. The van der Waals surface area contributed by atoms with E-state index in [1.54, 1.807) is 23.2 Å². The SMILES string of the molecule is CC(C)(C)[Si](OC1CC[C@@H](Nc2nc(-n3cnc4ccc(F)cc43)ncc2N)c2ccccc21)(c1ccccc1)c1ccccc1. The van der Waals surface area contributed by atoms with Crippen molar-refractivity contribution in [3.05, 3.63) is 133 Å². The molecule has 0 saturated heterocycles. The number of aromatic nitrogens is 4. The molecule has 0 radical (unpaired) electrons. The zero-order valence-corrected chi connectivity index (χ0v) is 27.2. The number of halogens is 1. The quantitative estimate of drug-likeness (QED) is 0.183. The van der Waals surface area contributed by atoms with Gasteiger partial charge in [0, 0.05) is 6.07 Å². The van der Waals surface area contributed by atoms with Crippen molar-refractivity contribution >= 4 is 41.2 Å². The maximum atomic E-state index is 14.1. The van der Waals surface area contributed by atoms with Gasteiger partial charge in [0.15, 0.2) is 5.82 Å². The Balaban J connectivity index is 1.24. The van der Waals surface area contributed by atoms with E-state index in [0.29, 0.717) is 28.5 Å². The number of nitrogen functional groups attached to an aromatic ring is 1. The summed E-state index contributed by atoms with van der Waals surface area (Å²) >= 11 is 0. The first-order chi connectivity index (χ1) is 22.2. The molecule has 7 nitrogen and oxygen atoms in total. The first-order valence-corrected chi connectivity index (χ1v) is 17.5. The van der Waals surface area contributed by atoms with Crippen molar-refractivity contribution in [3.8, 4) is 5.95 Å². The summed E-state index contributed by atoms with van der Waals surface area (Å²) in [6.45, 7) is 6.93. The molecule has 6 aromatic rings. The highest BCUT2D eigenvalue weighted by Gasteiger charge is 2.52. The molecule has 9 heteroatoms. The van der Waals surface area contributed by atoms with Gasteiger partial charge in [0.25, 0.3) is 8.32 Å². The normalized spacial score (nSPS) is 16.7. The van der Waals surface area contributed by atoms with Gasteiger partial charge in [-0.3, -0.25) is 4.57 Å². The van der Waals surface area contributed by atoms with Gasteiger partial charge in [-0.15, -0.1) is 0 Å². The smallest absolute Gasteiger partial charge is 0.261 e. The van der Waals surface area contributed by atoms with Crippen LogP contribution in [0.1, 0.15) is 56.9 Å². The van der Waals surface area contributed by atoms with Gasteiger partial charge >= 0.3 is 0 Å². The fourth-order valence-corrected chi connectivity index (χ4v) is 11.5. The first-order valence-electron chi connectivity index (χ1n) is 15.6. The molecule has 232 valence electrons. The Morgan fingerprint density at radius 2 is 1.50 bits per heavy atom. The van der Waals surface area contributed by atoms with Crippen LogP contribution in [0.2, 0.25) is 5.04 Å². The number of rotatable bonds is 7. The van der Waals surface area contributed by atoms with E-state index in [1.807, 2.05) is 0 Å². The van der Waals surface area contributed by atoms with Crippen LogP contribution >= 0.6 is 0 Å². The second kappa shape index (κ2) is 11.8. The van der Waals surface area contributed by atoms with E-state index in [0.717, 1.165) is 18.4 Å². The standard InChI is InChI=1S/C37H37FN6OSi/c1-37(2,3)46(26-12-6-4-7-13-26,27-14-8-5-9-15-27)45-34-21-20-31(28-16-10-11-17-29(28)34)42-35-30(39)23-40-36(43-35)44-24-41-32-19-18-25(38)22-33(32)44/h4-19,22-24,31,34H,20-21,39H2,1-3H3,(H,40,42,43)/t31-,34?/m1/s1. The van der Waals surface area contributed by atoms with Crippen LogP contribution in [-0.4, -0.2) is 27.8 Å². The fourth-order valence-electron chi connectivity index (χ4n) is 6.85. The number of benzene rings is 4. The fraction of sp³-hybridized carbons (Fsp3) is 0.216.